The van der Waals surface area contributed by atoms with E-state index >= 15 is 0 Å². The van der Waals surface area contributed by atoms with Crippen LogP contribution in [-0.2, 0) is 4.79 Å². The van der Waals surface area contributed by atoms with E-state index in [1.807, 2.05) is 32.9 Å². The predicted octanol–water partition coefficient (Wildman–Crippen LogP) is 4.63. The summed E-state index contributed by atoms with van der Waals surface area (Å²) >= 11 is 0. The van der Waals surface area contributed by atoms with Crippen LogP contribution in [0, 0.1) is 13.8 Å². The largest absolute Gasteiger partial charge is 0.481 e. The van der Waals surface area contributed by atoms with Gasteiger partial charge in [0, 0.05) is 6.54 Å². The highest BCUT2D eigenvalue weighted by atomic mass is 16.5. The van der Waals surface area contributed by atoms with E-state index in [9.17, 15) is 9.59 Å². The number of para-hydroxylation sites is 1. The molecule has 2 rings (SSSR count). The highest BCUT2D eigenvalue weighted by Gasteiger charge is 2.21. The molecule has 0 radical (unpaired) electrons. The highest BCUT2D eigenvalue weighted by molar-refractivity contribution is 6.04. The number of unbranched alkanes of at least 4 members (excludes halogenated alkanes) is 1. The fourth-order valence-electron chi connectivity index (χ4n) is 2.96. The van der Waals surface area contributed by atoms with Gasteiger partial charge in [0.15, 0.2) is 6.10 Å². The molecule has 2 N–H and O–H groups in total. The van der Waals surface area contributed by atoms with Crippen molar-refractivity contribution in [3.8, 4) is 5.75 Å². The van der Waals surface area contributed by atoms with E-state index in [2.05, 4.69) is 23.6 Å². The third-order valence-corrected chi connectivity index (χ3v) is 4.38. The molecule has 2 aromatic rings. The van der Waals surface area contributed by atoms with Crippen molar-refractivity contribution < 1.29 is 14.3 Å². The van der Waals surface area contributed by atoms with Gasteiger partial charge in [0.05, 0.1) is 11.3 Å². The van der Waals surface area contributed by atoms with Crippen LogP contribution in [0.1, 0.15) is 54.6 Å². The monoisotopic (exact) mass is 382 g/mol. The lowest BCUT2D eigenvalue weighted by molar-refractivity contribution is -0.122. The topological polar surface area (TPSA) is 67.4 Å². The number of hydrogen-bond acceptors (Lipinski definition) is 3. The summed E-state index contributed by atoms with van der Waals surface area (Å²) in [6, 6.07) is 12.9. The summed E-state index contributed by atoms with van der Waals surface area (Å²) in [5, 5.41) is 5.75. The first-order valence-electron chi connectivity index (χ1n) is 9.87. The number of nitrogens with one attached hydrogen (secondary N) is 2. The Bertz CT molecular complexity index is 797. The van der Waals surface area contributed by atoms with Gasteiger partial charge >= 0.3 is 0 Å². The van der Waals surface area contributed by atoms with Gasteiger partial charge in [0.25, 0.3) is 11.8 Å². The van der Waals surface area contributed by atoms with Crippen molar-refractivity contribution in [1.82, 2.24) is 5.32 Å². The first-order chi connectivity index (χ1) is 13.4. The minimum absolute atomic E-state index is 0.187. The van der Waals surface area contributed by atoms with Crippen molar-refractivity contribution in [2.24, 2.45) is 0 Å². The minimum Gasteiger partial charge on any atom is -0.481 e. The van der Waals surface area contributed by atoms with Crippen LogP contribution >= 0.6 is 0 Å². The van der Waals surface area contributed by atoms with Gasteiger partial charge in [-0.2, -0.15) is 0 Å². The molecule has 2 amide bonds. The Hall–Kier alpha value is -2.82. The molecule has 150 valence electrons. The van der Waals surface area contributed by atoms with Crippen molar-refractivity contribution in [3.05, 3.63) is 59.2 Å². The van der Waals surface area contributed by atoms with E-state index in [0.717, 1.165) is 24.0 Å². The second kappa shape index (κ2) is 10.5. The zero-order valence-electron chi connectivity index (χ0n) is 17.2. The predicted molar refractivity (Wildman–Crippen MR) is 113 cm³/mol. The molecule has 0 aliphatic heterocycles. The lowest BCUT2D eigenvalue weighted by Gasteiger charge is -2.19. The second-order valence-corrected chi connectivity index (χ2v) is 6.98. The zero-order valence-corrected chi connectivity index (χ0v) is 17.2. The number of ether oxygens (including phenoxy) is 1. The Labute approximate surface area is 167 Å². The summed E-state index contributed by atoms with van der Waals surface area (Å²) < 4.78 is 5.93. The van der Waals surface area contributed by atoms with Crippen LogP contribution in [-0.4, -0.2) is 24.5 Å². The molecule has 0 aromatic heterocycles. The normalized spacial score (nSPS) is 11.6. The van der Waals surface area contributed by atoms with Crippen LogP contribution in [0.4, 0.5) is 5.69 Å². The molecule has 5 heteroatoms. The molecule has 0 heterocycles. The van der Waals surface area contributed by atoms with Crippen LogP contribution in [0.15, 0.2) is 42.5 Å². The van der Waals surface area contributed by atoms with Crippen molar-refractivity contribution in [3.63, 3.8) is 0 Å². The van der Waals surface area contributed by atoms with Crippen LogP contribution in [0.3, 0.4) is 0 Å². The fourth-order valence-corrected chi connectivity index (χ4v) is 2.96. The van der Waals surface area contributed by atoms with E-state index < -0.39 is 6.10 Å². The summed E-state index contributed by atoms with van der Waals surface area (Å²) in [5.41, 5.74) is 3.11. The first kappa shape index (κ1) is 21.5. The van der Waals surface area contributed by atoms with Gasteiger partial charge in [0.1, 0.15) is 5.75 Å². The molecule has 1 atom stereocenters. The SMILES string of the molecule is CCCCNC(=O)c1ccccc1NC(=O)[C@@H](CC)Oc1cc(C)cc(C)c1. The van der Waals surface area contributed by atoms with Gasteiger partial charge in [0.2, 0.25) is 0 Å². The van der Waals surface area contributed by atoms with Gasteiger partial charge in [-0.1, -0.05) is 38.5 Å². The molecule has 0 aliphatic rings. The summed E-state index contributed by atoms with van der Waals surface area (Å²) in [5.74, 6) is 0.216. The molecule has 5 nitrogen and oxygen atoms in total. The summed E-state index contributed by atoms with van der Waals surface area (Å²) in [6.45, 7) is 8.57. The Morgan fingerprint density at radius 3 is 2.36 bits per heavy atom. The van der Waals surface area contributed by atoms with Crippen molar-refractivity contribution >= 4 is 17.5 Å². The van der Waals surface area contributed by atoms with Crippen LogP contribution in [0.25, 0.3) is 0 Å². The highest BCUT2D eigenvalue weighted by Crippen LogP contribution is 2.20. The Balaban J connectivity index is 2.11. The number of rotatable bonds is 9. The number of benzene rings is 2. The van der Waals surface area contributed by atoms with E-state index in [0.29, 0.717) is 30.0 Å². The van der Waals surface area contributed by atoms with Crippen molar-refractivity contribution in [2.45, 2.75) is 53.1 Å². The maximum Gasteiger partial charge on any atom is 0.265 e. The Morgan fingerprint density at radius 1 is 1.04 bits per heavy atom. The Kier molecular flexibility index (Phi) is 8.05. The maximum atomic E-state index is 12.8. The molecule has 0 aliphatic carbocycles. The maximum absolute atomic E-state index is 12.8. The van der Waals surface area contributed by atoms with Crippen LogP contribution in [0.2, 0.25) is 0 Å². The molecule has 2 aromatic carbocycles. The summed E-state index contributed by atoms with van der Waals surface area (Å²) in [6.07, 6.45) is 1.80. The number of amides is 2. The fraction of sp³-hybridized carbons (Fsp3) is 0.391. The quantitative estimate of drug-likeness (QED) is 0.621. The first-order valence-corrected chi connectivity index (χ1v) is 9.87. The molecule has 0 saturated heterocycles. The average Bonchev–Trinajstić information content (AvgIpc) is 2.65. The van der Waals surface area contributed by atoms with E-state index in [1.165, 1.54) is 0 Å². The molecule has 0 saturated carbocycles. The van der Waals surface area contributed by atoms with Crippen LogP contribution < -0.4 is 15.4 Å². The smallest absolute Gasteiger partial charge is 0.265 e. The third kappa shape index (κ3) is 6.12. The van der Waals surface area contributed by atoms with Crippen molar-refractivity contribution in [2.75, 3.05) is 11.9 Å². The third-order valence-electron chi connectivity index (χ3n) is 4.38. The molecule has 0 fully saturated rings. The molecular formula is C23H30N2O3. The lowest BCUT2D eigenvalue weighted by Crippen LogP contribution is -2.33. The Morgan fingerprint density at radius 2 is 1.71 bits per heavy atom. The molecule has 0 bridgehead atoms. The molecule has 0 spiro atoms. The minimum atomic E-state index is -0.641. The van der Waals surface area contributed by atoms with Gasteiger partial charge in [-0.05, 0) is 62.1 Å². The van der Waals surface area contributed by atoms with E-state index in [1.54, 1.807) is 24.3 Å². The molecule has 0 unspecified atom stereocenters. The second-order valence-electron chi connectivity index (χ2n) is 6.98. The summed E-state index contributed by atoms with van der Waals surface area (Å²) in [4.78, 5) is 25.2. The van der Waals surface area contributed by atoms with Gasteiger partial charge in [-0.15, -0.1) is 0 Å². The number of carbonyl (C=O) groups excluding carboxylic acids is 2. The van der Waals surface area contributed by atoms with Gasteiger partial charge < -0.3 is 15.4 Å². The standard InChI is InChI=1S/C23H30N2O3/c1-5-7-12-24-22(26)19-10-8-9-11-20(19)25-23(27)21(6-2)28-18-14-16(3)13-17(4)15-18/h8-11,13-15,21H,5-7,12H2,1-4H3,(H,24,26)(H,25,27)/t21-/m1/s1. The van der Waals surface area contributed by atoms with Gasteiger partial charge in [-0.3, -0.25) is 9.59 Å². The number of anilines is 1. The molecular weight excluding hydrogens is 352 g/mol. The molecule has 28 heavy (non-hydrogen) atoms. The van der Waals surface area contributed by atoms with Crippen molar-refractivity contribution in [1.29, 1.82) is 0 Å². The average molecular weight is 383 g/mol. The summed E-state index contributed by atoms with van der Waals surface area (Å²) in [7, 11) is 0. The lowest BCUT2D eigenvalue weighted by atomic mass is 10.1. The van der Waals surface area contributed by atoms with Crippen LogP contribution in [0.5, 0.6) is 5.75 Å². The zero-order chi connectivity index (χ0) is 20.5. The number of aryl methyl sites for hydroxylation is 2. The van der Waals surface area contributed by atoms with E-state index in [4.69, 9.17) is 4.74 Å². The van der Waals surface area contributed by atoms with Gasteiger partial charge in [-0.25, -0.2) is 0 Å². The number of carbonyl (C=O) groups is 2. The van der Waals surface area contributed by atoms with E-state index in [-0.39, 0.29) is 11.8 Å². The number of hydrogen-bond donors (Lipinski definition) is 2.